The average molecular weight is 317 g/mol. The number of hydrogen-bond donors (Lipinski definition) is 4. The van der Waals surface area contributed by atoms with Crippen LogP contribution in [0.5, 0.6) is 0 Å². The summed E-state index contributed by atoms with van der Waals surface area (Å²) in [6, 6.07) is 7.37. The molecule has 0 bridgehead atoms. The van der Waals surface area contributed by atoms with Gasteiger partial charge in [-0.2, -0.15) is 5.10 Å². The van der Waals surface area contributed by atoms with Crippen LogP contribution in [0.3, 0.4) is 0 Å². The maximum atomic E-state index is 11.8. The average Bonchev–Trinajstić information content (AvgIpc) is 3.04. The van der Waals surface area contributed by atoms with Crippen molar-refractivity contribution in [1.29, 1.82) is 0 Å². The normalized spacial score (nSPS) is 12.7. The van der Waals surface area contributed by atoms with E-state index in [0.29, 0.717) is 12.4 Å². The first-order valence-corrected chi connectivity index (χ1v) is 7.50. The fraction of sp³-hybridized carbons (Fsp3) is 0.438. The first-order valence-electron chi connectivity index (χ1n) is 7.50. The van der Waals surface area contributed by atoms with Crippen LogP contribution in [-0.4, -0.2) is 39.0 Å². The number of amides is 2. The molecule has 2 aromatic rings. The lowest BCUT2D eigenvalue weighted by Crippen LogP contribution is -2.43. The Morgan fingerprint density at radius 2 is 2.13 bits per heavy atom. The molecule has 23 heavy (non-hydrogen) atoms. The van der Waals surface area contributed by atoms with E-state index >= 15 is 0 Å². The fourth-order valence-electron chi connectivity index (χ4n) is 1.91. The Bertz CT molecular complexity index is 634. The minimum absolute atomic E-state index is 0.216. The molecule has 0 aliphatic rings. The van der Waals surface area contributed by atoms with E-state index in [1.165, 1.54) is 6.33 Å². The lowest BCUT2D eigenvalue weighted by atomic mass is 9.89. The summed E-state index contributed by atoms with van der Waals surface area (Å²) in [5.41, 5.74) is 1.59. The summed E-state index contributed by atoms with van der Waals surface area (Å²) >= 11 is 0. The zero-order valence-electron chi connectivity index (χ0n) is 13.6. The van der Waals surface area contributed by atoms with Gasteiger partial charge in [-0.15, -0.1) is 0 Å². The zero-order valence-corrected chi connectivity index (χ0v) is 13.6. The second kappa shape index (κ2) is 7.23. The second-order valence-corrected chi connectivity index (χ2v) is 6.48. The zero-order chi connectivity index (χ0) is 16.9. The van der Waals surface area contributed by atoms with E-state index < -0.39 is 6.10 Å². The van der Waals surface area contributed by atoms with Gasteiger partial charge in [0.2, 0.25) is 0 Å². The first-order chi connectivity index (χ1) is 10.9. The van der Waals surface area contributed by atoms with Crippen LogP contribution in [0.2, 0.25) is 0 Å². The molecule has 7 nitrogen and oxygen atoms in total. The van der Waals surface area contributed by atoms with Crippen LogP contribution >= 0.6 is 0 Å². The van der Waals surface area contributed by atoms with Crippen LogP contribution in [0.15, 0.2) is 30.6 Å². The van der Waals surface area contributed by atoms with Crippen molar-refractivity contribution in [2.45, 2.75) is 33.4 Å². The smallest absolute Gasteiger partial charge is 0.315 e. The number of nitrogens with one attached hydrogen (secondary N) is 3. The summed E-state index contributed by atoms with van der Waals surface area (Å²) < 4.78 is 0. The molecule has 0 saturated heterocycles. The largest absolute Gasteiger partial charge is 0.391 e. The Labute approximate surface area is 135 Å². The number of benzene rings is 1. The number of aromatic nitrogens is 3. The van der Waals surface area contributed by atoms with Crippen molar-refractivity contribution in [3.05, 3.63) is 36.2 Å². The van der Waals surface area contributed by atoms with Crippen LogP contribution in [0, 0.1) is 5.41 Å². The molecule has 7 heteroatoms. The van der Waals surface area contributed by atoms with Gasteiger partial charge >= 0.3 is 6.03 Å². The highest BCUT2D eigenvalue weighted by Gasteiger charge is 2.22. The third-order valence-corrected chi connectivity index (χ3v) is 3.52. The van der Waals surface area contributed by atoms with Crippen molar-refractivity contribution in [3.8, 4) is 11.4 Å². The van der Waals surface area contributed by atoms with Crippen molar-refractivity contribution >= 4 is 6.03 Å². The standard InChI is InChI=1S/C16H23N5O2/c1-16(2,3)13(22)9-18-15(23)17-8-11-5-4-6-12(7-11)14-19-10-20-21-14/h4-7,10,13,22H,8-9H2,1-3H3,(H2,17,18,23)(H,19,20,21). The second-order valence-electron chi connectivity index (χ2n) is 6.48. The number of H-pyrrole nitrogens is 1. The number of hydrogen-bond acceptors (Lipinski definition) is 4. The van der Waals surface area contributed by atoms with Gasteiger partial charge in [0, 0.05) is 18.7 Å². The molecular formula is C16H23N5O2. The van der Waals surface area contributed by atoms with Crippen LogP contribution in [-0.2, 0) is 6.54 Å². The molecule has 1 heterocycles. The van der Waals surface area contributed by atoms with E-state index in [-0.39, 0.29) is 18.0 Å². The van der Waals surface area contributed by atoms with E-state index in [1.54, 1.807) is 0 Å². The highest BCUT2D eigenvalue weighted by atomic mass is 16.3. The quantitative estimate of drug-likeness (QED) is 0.673. The predicted molar refractivity (Wildman–Crippen MR) is 87.5 cm³/mol. The summed E-state index contributed by atoms with van der Waals surface area (Å²) in [4.78, 5) is 15.9. The van der Waals surface area contributed by atoms with Gasteiger partial charge in [-0.25, -0.2) is 9.78 Å². The summed E-state index contributed by atoms with van der Waals surface area (Å²) in [5, 5.41) is 22.0. The number of carbonyl (C=O) groups is 1. The van der Waals surface area contributed by atoms with Gasteiger partial charge in [0.15, 0.2) is 5.82 Å². The van der Waals surface area contributed by atoms with Crippen LogP contribution in [0.1, 0.15) is 26.3 Å². The van der Waals surface area contributed by atoms with E-state index in [9.17, 15) is 9.90 Å². The molecular weight excluding hydrogens is 294 g/mol. The van der Waals surface area contributed by atoms with E-state index in [0.717, 1.165) is 11.1 Å². The Morgan fingerprint density at radius 1 is 1.35 bits per heavy atom. The Hall–Kier alpha value is -2.41. The maximum absolute atomic E-state index is 11.8. The van der Waals surface area contributed by atoms with Gasteiger partial charge in [0.05, 0.1) is 6.10 Å². The number of urea groups is 1. The molecule has 1 atom stereocenters. The monoisotopic (exact) mass is 317 g/mol. The Kier molecular flexibility index (Phi) is 5.33. The number of carbonyl (C=O) groups excluding carboxylic acids is 1. The van der Waals surface area contributed by atoms with Crippen molar-refractivity contribution in [1.82, 2.24) is 25.8 Å². The SMILES string of the molecule is CC(C)(C)C(O)CNC(=O)NCc1cccc(-c2ncn[nH]2)c1. The minimum Gasteiger partial charge on any atom is -0.391 e. The number of aliphatic hydroxyl groups excluding tert-OH is 1. The summed E-state index contributed by atoms with van der Waals surface area (Å²) in [5.74, 6) is 0.685. The summed E-state index contributed by atoms with van der Waals surface area (Å²) in [7, 11) is 0. The molecule has 0 spiro atoms. The molecule has 0 aliphatic heterocycles. The molecule has 2 amide bonds. The van der Waals surface area contributed by atoms with Gasteiger partial charge in [-0.1, -0.05) is 39.0 Å². The van der Waals surface area contributed by atoms with Crippen molar-refractivity contribution in [2.24, 2.45) is 5.41 Å². The molecule has 0 fully saturated rings. The van der Waals surface area contributed by atoms with Crippen LogP contribution < -0.4 is 10.6 Å². The highest BCUT2D eigenvalue weighted by molar-refractivity contribution is 5.73. The number of rotatable bonds is 5. The molecule has 0 saturated carbocycles. The Balaban J connectivity index is 1.84. The minimum atomic E-state index is -0.594. The third-order valence-electron chi connectivity index (χ3n) is 3.52. The lowest BCUT2D eigenvalue weighted by Gasteiger charge is -2.25. The number of aromatic amines is 1. The molecule has 124 valence electrons. The third kappa shape index (κ3) is 5.07. The molecule has 0 radical (unpaired) electrons. The topological polar surface area (TPSA) is 103 Å². The molecule has 2 rings (SSSR count). The predicted octanol–water partition coefficient (Wildman–Crippen LogP) is 1.68. The number of aliphatic hydroxyl groups is 1. The van der Waals surface area contributed by atoms with E-state index in [4.69, 9.17) is 0 Å². The summed E-state index contributed by atoms with van der Waals surface area (Å²) in [6.07, 6.45) is 0.858. The van der Waals surface area contributed by atoms with Crippen molar-refractivity contribution in [3.63, 3.8) is 0 Å². The molecule has 4 N–H and O–H groups in total. The van der Waals surface area contributed by atoms with E-state index in [1.807, 2.05) is 45.0 Å². The van der Waals surface area contributed by atoms with Crippen LogP contribution in [0.4, 0.5) is 4.79 Å². The summed E-state index contributed by atoms with van der Waals surface area (Å²) in [6.45, 7) is 6.37. The maximum Gasteiger partial charge on any atom is 0.315 e. The molecule has 1 unspecified atom stereocenters. The molecule has 1 aromatic heterocycles. The van der Waals surface area contributed by atoms with Crippen LogP contribution in [0.25, 0.3) is 11.4 Å². The molecule has 0 aliphatic carbocycles. The van der Waals surface area contributed by atoms with Crippen molar-refractivity contribution < 1.29 is 9.90 Å². The van der Waals surface area contributed by atoms with Gasteiger partial charge in [-0.3, -0.25) is 5.10 Å². The Morgan fingerprint density at radius 3 is 2.78 bits per heavy atom. The van der Waals surface area contributed by atoms with Gasteiger partial charge in [-0.05, 0) is 17.0 Å². The fourth-order valence-corrected chi connectivity index (χ4v) is 1.91. The lowest BCUT2D eigenvalue weighted by molar-refractivity contribution is 0.0650. The molecule has 1 aromatic carbocycles. The van der Waals surface area contributed by atoms with Gasteiger partial charge in [0.25, 0.3) is 0 Å². The number of nitrogens with zero attached hydrogens (tertiary/aromatic N) is 2. The van der Waals surface area contributed by atoms with Crippen molar-refractivity contribution in [2.75, 3.05) is 6.54 Å². The highest BCUT2D eigenvalue weighted by Crippen LogP contribution is 2.18. The van der Waals surface area contributed by atoms with Gasteiger partial charge < -0.3 is 15.7 Å². The van der Waals surface area contributed by atoms with E-state index in [2.05, 4.69) is 25.8 Å². The first kappa shape index (κ1) is 17.0. The van der Waals surface area contributed by atoms with Gasteiger partial charge in [0.1, 0.15) is 6.33 Å².